The average Bonchev–Trinajstić information content (AvgIpc) is 2.11. The Bertz CT molecular complexity index is 391. The monoisotopic (exact) mass is 220 g/mol. The Morgan fingerprint density at radius 2 is 2.21 bits per heavy atom. The van der Waals surface area contributed by atoms with Gasteiger partial charge in [-0.2, -0.15) is 0 Å². The van der Waals surface area contributed by atoms with E-state index < -0.39 is 23.1 Å². The summed E-state index contributed by atoms with van der Waals surface area (Å²) in [6.45, 7) is 0. The standard InChI is InChI=1S/C8H6ClFO4/c1-14-4-2-3(9)7(11)5(6(4)10)8(12)13/h2,11H,1H3,(H,12,13). The second-order valence-corrected chi connectivity index (χ2v) is 2.81. The SMILES string of the molecule is COc1cc(Cl)c(O)c(C(=O)O)c1F. The molecule has 0 aliphatic rings. The summed E-state index contributed by atoms with van der Waals surface area (Å²) in [6, 6.07) is 0.999. The molecule has 0 aromatic heterocycles. The molecule has 76 valence electrons. The van der Waals surface area contributed by atoms with Gasteiger partial charge in [0.05, 0.1) is 12.1 Å². The summed E-state index contributed by atoms with van der Waals surface area (Å²) in [6.07, 6.45) is 0. The lowest BCUT2D eigenvalue weighted by Crippen LogP contribution is -2.03. The number of rotatable bonds is 2. The number of halogens is 2. The Hall–Kier alpha value is -1.49. The largest absolute Gasteiger partial charge is 0.505 e. The van der Waals surface area contributed by atoms with Gasteiger partial charge < -0.3 is 14.9 Å². The summed E-state index contributed by atoms with van der Waals surface area (Å²) in [5.74, 6) is -3.90. The van der Waals surface area contributed by atoms with E-state index in [4.69, 9.17) is 21.8 Å². The first-order valence-corrected chi connectivity index (χ1v) is 3.85. The molecule has 0 unspecified atom stereocenters. The molecule has 0 heterocycles. The van der Waals surface area contributed by atoms with Crippen LogP contribution in [0, 0.1) is 5.82 Å². The molecule has 14 heavy (non-hydrogen) atoms. The second kappa shape index (κ2) is 3.71. The summed E-state index contributed by atoms with van der Waals surface area (Å²) >= 11 is 5.45. The fourth-order valence-corrected chi connectivity index (χ4v) is 1.13. The molecule has 0 radical (unpaired) electrons. The zero-order valence-electron chi connectivity index (χ0n) is 7.04. The predicted octanol–water partition coefficient (Wildman–Crippen LogP) is 1.89. The topological polar surface area (TPSA) is 66.8 Å². The van der Waals surface area contributed by atoms with Gasteiger partial charge >= 0.3 is 5.97 Å². The normalized spacial score (nSPS) is 9.93. The van der Waals surface area contributed by atoms with Crippen LogP contribution in [0.15, 0.2) is 6.07 Å². The Balaban J connectivity index is 3.53. The van der Waals surface area contributed by atoms with E-state index in [1.807, 2.05) is 0 Å². The molecule has 6 heteroatoms. The molecular weight excluding hydrogens is 215 g/mol. The molecule has 1 aromatic carbocycles. The minimum atomic E-state index is -1.61. The van der Waals surface area contributed by atoms with Crippen molar-refractivity contribution in [3.63, 3.8) is 0 Å². The molecule has 2 N–H and O–H groups in total. The Morgan fingerprint density at radius 3 is 2.64 bits per heavy atom. The van der Waals surface area contributed by atoms with Crippen molar-refractivity contribution in [2.24, 2.45) is 0 Å². The maximum absolute atomic E-state index is 13.2. The summed E-state index contributed by atoms with van der Waals surface area (Å²) < 4.78 is 17.8. The molecule has 0 atom stereocenters. The van der Waals surface area contributed by atoms with E-state index in [9.17, 15) is 9.18 Å². The van der Waals surface area contributed by atoms with Gasteiger partial charge in [-0.3, -0.25) is 0 Å². The molecule has 0 amide bonds. The number of carboxylic acid groups (broad SMARTS) is 1. The van der Waals surface area contributed by atoms with Crippen LogP contribution >= 0.6 is 11.6 Å². The average molecular weight is 221 g/mol. The van der Waals surface area contributed by atoms with E-state index in [2.05, 4.69) is 4.74 Å². The Labute approximate surface area is 83.5 Å². The molecule has 0 fully saturated rings. The molecule has 1 aromatic rings. The van der Waals surface area contributed by atoms with Crippen molar-refractivity contribution in [1.29, 1.82) is 0 Å². The fraction of sp³-hybridized carbons (Fsp3) is 0.125. The molecule has 1 rings (SSSR count). The molecular formula is C8H6ClFO4. The molecule has 0 saturated carbocycles. The van der Waals surface area contributed by atoms with Gasteiger partial charge in [-0.1, -0.05) is 11.6 Å². The van der Waals surface area contributed by atoms with E-state index in [-0.39, 0.29) is 10.8 Å². The summed E-state index contributed by atoms with van der Waals surface area (Å²) in [5.41, 5.74) is -0.894. The van der Waals surface area contributed by atoms with E-state index in [0.29, 0.717) is 0 Å². The van der Waals surface area contributed by atoms with Crippen molar-refractivity contribution in [3.05, 3.63) is 22.5 Å². The van der Waals surface area contributed by atoms with Gasteiger partial charge in [-0.25, -0.2) is 9.18 Å². The second-order valence-electron chi connectivity index (χ2n) is 2.40. The zero-order chi connectivity index (χ0) is 10.9. The predicted molar refractivity (Wildman–Crippen MR) is 46.6 cm³/mol. The quantitative estimate of drug-likeness (QED) is 0.799. The van der Waals surface area contributed by atoms with Crippen LogP contribution in [-0.4, -0.2) is 23.3 Å². The van der Waals surface area contributed by atoms with Crippen molar-refractivity contribution in [1.82, 2.24) is 0 Å². The van der Waals surface area contributed by atoms with Gasteiger partial charge in [0.1, 0.15) is 5.56 Å². The number of carbonyl (C=O) groups is 1. The van der Waals surface area contributed by atoms with Crippen LogP contribution in [0.3, 0.4) is 0 Å². The van der Waals surface area contributed by atoms with Gasteiger partial charge in [0.2, 0.25) is 0 Å². The minimum absolute atomic E-state index is 0.277. The summed E-state index contributed by atoms with van der Waals surface area (Å²) in [7, 11) is 1.16. The maximum atomic E-state index is 13.2. The maximum Gasteiger partial charge on any atom is 0.342 e. The van der Waals surface area contributed by atoms with Gasteiger partial charge in [0, 0.05) is 6.07 Å². The molecule has 0 saturated heterocycles. The number of aromatic carboxylic acids is 1. The lowest BCUT2D eigenvalue weighted by atomic mass is 10.1. The van der Waals surface area contributed by atoms with Crippen molar-refractivity contribution in [3.8, 4) is 11.5 Å². The Kier molecular flexibility index (Phi) is 2.81. The van der Waals surface area contributed by atoms with Gasteiger partial charge in [0.25, 0.3) is 0 Å². The number of carboxylic acids is 1. The number of benzene rings is 1. The van der Waals surface area contributed by atoms with Gasteiger partial charge in [0.15, 0.2) is 17.3 Å². The number of hydrogen-bond donors (Lipinski definition) is 2. The number of methoxy groups -OCH3 is 1. The van der Waals surface area contributed by atoms with E-state index in [0.717, 1.165) is 13.2 Å². The number of ether oxygens (including phenoxy) is 1. The molecule has 0 bridgehead atoms. The molecule has 0 spiro atoms. The highest BCUT2D eigenvalue weighted by atomic mass is 35.5. The lowest BCUT2D eigenvalue weighted by molar-refractivity contribution is 0.0687. The van der Waals surface area contributed by atoms with Crippen LogP contribution in [0.2, 0.25) is 5.02 Å². The first-order chi connectivity index (χ1) is 6.49. The summed E-state index contributed by atoms with van der Waals surface area (Å²) in [5, 5.41) is 17.5. The van der Waals surface area contributed by atoms with Crippen LogP contribution < -0.4 is 4.74 Å². The number of aromatic hydroxyl groups is 1. The third kappa shape index (κ3) is 1.58. The molecule has 4 nitrogen and oxygen atoms in total. The van der Waals surface area contributed by atoms with Crippen LogP contribution in [0.4, 0.5) is 4.39 Å². The summed E-state index contributed by atoms with van der Waals surface area (Å²) in [4.78, 5) is 10.5. The first kappa shape index (κ1) is 10.6. The lowest BCUT2D eigenvalue weighted by Gasteiger charge is -2.07. The van der Waals surface area contributed by atoms with Gasteiger partial charge in [-0.15, -0.1) is 0 Å². The van der Waals surface area contributed by atoms with E-state index >= 15 is 0 Å². The molecule has 0 aliphatic heterocycles. The van der Waals surface area contributed by atoms with Crippen molar-refractivity contribution < 1.29 is 24.1 Å². The Morgan fingerprint density at radius 1 is 1.64 bits per heavy atom. The minimum Gasteiger partial charge on any atom is -0.505 e. The van der Waals surface area contributed by atoms with Crippen LogP contribution in [0.25, 0.3) is 0 Å². The van der Waals surface area contributed by atoms with Crippen LogP contribution in [-0.2, 0) is 0 Å². The number of phenols is 1. The van der Waals surface area contributed by atoms with Crippen LogP contribution in [0.5, 0.6) is 11.5 Å². The third-order valence-electron chi connectivity index (χ3n) is 1.59. The highest BCUT2D eigenvalue weighted by Crippen LogP contribution is 2.35. The first-order valence-electron chi connectivity index (χ1n) is 3.47. The van der Waals surface area contributed by atoms with Gasteiger partial charge in [-0.05, 0) is 0 Å². The van der Waals surface area contributed by atoms with Crippen molar-refractivity contribution in [2.75, 3.05) is 7.11 Å². The molecule has 0 aliphatic carbocycles. The van der Waals surface area contributed by atoms with E-state index in [1.165, 1.54) is 0 Å². The smallest absolute Gasteiger partial charge is 0.342 e. The van der Waals surface area contributed by atoms with Crippen molar-refractivity contribution in [2.45, 2.75) is 0 Å². The van der Waals surface area contributed by atoms with E-state index in [1.54, 1.807) is 0 Å². The number of hydrogen-bond acceptors (Lipinski definition) is 3. The zero-order valence-corrected chi connectivity index (χ0v) is 7.80. The fourth-order valence-electron chi connectivity index (χ4n) is 0.937. The highest BCUT2D eigenvalue weighted by molar-refractivity contribution is 6.32. The highest BCUT2D eigenvalue weighted by Gasteiger charge is 2.22. The third-order valence-corrected chi connectivity index (χ3v) is 1.88. The van der Waals surface area contributed by atoms with Crippen LogP contribution in [0.1, 0.15) is 10.4 Å². The van der Waals surface area contributed by atoms with Crippen molar-refractivity contribution >= 4 is 17.6 Å².